The third kappa shape index (κ3) is 4.75. The SMILES string of the molecule is CCNCc1cccc(C)c1OCCCOC. The lowest BCUT2D eigenvalue weighted by atomic mass is 10.1. The first-order valence-electron chi connectivity index (χ1n) is 6.20. The lowest BCUT2D eigenvalue weighted by molar-refractivity contribution is 0.171. The van der Waals surface area contributed by atoms with Crippen LogP contribution in [0.25, 0.3) is 0 Å². The van der Waals surface area contributed by atoms with E-state index in [0.717, 1.165) is 31.9 Å². The van der Waals surface area contributed by atoms with Gasteiger partial charge in [0, 0.05) is 32.2 Å². The van der Waals surface area contributed by atoms with E-state index >= 15 is 0 Å². The summed E-state index contributed by atoms with van der Waals surface area (Å²) in [4.78, 5) is 0. The topological polar surface area (TPSA) is 30.5 Å². The molecule has 0 saturated heterocycles. The zero-order chi connectivity index (χ0) is 12.5. The lowest BCUT2D eigenvalue weighted by Gasteiger charge is -2.14. The molecule has 0 spiro atoms. The number of aryl methyl sites for hydroxylation is 1. The minimum absolute atomic E-state index is 0.706. The summed E-state index contributed by atoms with van der Waals surface area (Å²) in [5.41, 5.74) is 2.42. The highest BCUT2D eigenvalue weighted by Crippen LogP contribution is 2.23. The van der Waals surface area contributed by atoms with E-state index in [-0.39, 0.29) is 0 Å². The molecule has 0 aliphatic rings. The molecule has 0 radical (unpaired) electrons. The van der Waals surface area contributed by atoms with Gasteiger partial charge in [0.05, 0.1) is 6.61 Å². The highest BCUT2D eigenvalue weighted by atomic mass is 16.5. The van der Waals surface area contributed by atoms with Gasteiger partial charge in [-0.15, -0.1) is 0 Å². The first-order chi connectivity index (χ1) is 8.29. The molecule has 3 heteroatoms. The van der Waals surface area contributed by atoms with Crippen molar-refractivity contribution in [2.24, 2.45) is 0 Å². The van der Waals surface area contributed by atoms with Crippen molar-refractivity contribution >= 4 is 0 Å². The van der Waals surface area contributed by atoms with Crippen molar-refractivity contribution in [3.05, 3.63) is 29.3 Å². The van der Waals surface area contributed by atoms with Crippen molar-refractivity contribution < 1.29 is 9.47 Å². The summed E-state index contributed by atoms with van der Waals surface area (Å²) in [7, 11) is 1.71. The molecule has 96 valence electrons. The molecule has 0 unspecified atom stereocenters. The van der Waals surface area contributed by atoms with Gasteiger partial charge in [0.2, 0.25) is 0 Å². The van der Waals surface area contributed by atoms with Crippen LogP contribution in [-0.4, -0.2) is 26.9 Å². The summed E-state index contributed by atoms with van der Waals surface area (Å²) < 4.78 is 10.9. The third-order valence-corrected chi connectivity index (χ3v) is 2.60. The summed E-state index contributed by atoms with van der Waals surface area (Å²) in [5, 5.41) is 3.33. The van der Waals surface area contributed by atoms with Gasteiger partial charge in [-0.05, 0) is 19.0 Å². The van der Waals surface area contributed by atoms with Crippen molar-refractivity contribution in [3.63, 3.8) is 0 Å². The average molecular weight is 237 g/mol. The summed E-state index contributed by atoms with van der Waals surface area (Å²) in [6.45, 7) is 7.47. The van der Waals surface area contributed by atoms with Gasteiger partial charge < -0.3 is 14.8 Å². The van der Waals surface area contributed by atoms with Crippen LogP contribution >= 0.6 is 0 Å². The van der Waals surface area contributed by atoms with Crippen molar-refractivity contribution in [2.75, 3.05) is 26.9 Å². The second kappa shape index (κ2) is 8.09. The Hall–Kier alpha value is -1.06. The Labute approximate surface area is 104 Å². The molecule has 0 fully saturated rings. The zero-order valence-electron chi connectivity index (χ0n) is 11.1. The third-order valence-electron chi connectivity index (χ3n) is 2.60. The number of rotatable bonds is 8. The van der Waals surface area contributed by atoms with Crippen LogP contribution in [0.5, 0.6) is 5.75 Å². The van der Waals surface area contributed by atoms with Crippen LogP contribution in [0.2, 0.25) is 0 Å². The van der Waals surface area contributed by atoms with Gasteiger partial charge in [-0.25, -0.2) is 0 Å². The molecule has 0 atom stereocenters. The van der Waals surface area contributed by atoms with E-state index in [1.807, 2.05) is 0 Å². The van der Waals surface area contributed by atoms with E-state index < -0.39 is 0 Å². The van der Waals surface area contributed by atoms with Crippen LogP contribution in [0.1, 0.15) is 24.5 Å². The normalized spacial score (nSPS) is 10.5. The standard InChI is InChI=1S/C14H23NO2/c1-4-15-11-13-8-5-7-12(2)14(13)17-10-6-9-16-3/h5,7-8,15H,4,6,9-11H2,1-3H3. The molecule has 1 rings (SSSR count). The molecule has 17 heavy (non-hydrogen) atoms. The van der Waals surface area contributed by atoms with Gasteiger partial charge in [0.15, 0.2) is 0 Å². The number of hydrogen-bond donors (Lipinski definition) is 1. The summed E-state index contributed by atoms with van der Waals surface area (Å²) in [6, 6.07) is 6.27. The van der Waals surface area contributed by atoms with Crippen molar-refractivity contribution in [3.8, 4) is 5.75 Å². The Morgan fingerprint density at radius 3 is 2.76 bits per heavy atom. The minimum Gasteiger partial charge on any atom is -0.493 e. The van der Waals surface area contributed by atoms with Crippen LogP contribution in [0.4, 0.5) is 0 Å². The second-order valence-corrected chi connectivity index (χ2v) is 4.04. The van der Waals surface area contributed by atoms with Gasteiger partial charge in [-0.3, -0.25) is 0 Å². The van der Waals surface area contributed by atoms with Gasteiger partial charge in [-0.1, -0.05) is 25.1 Å². The van der Waals surface area contributed by atoms with E-state index in [1.54, 1.807) is 7.11 Å². The maximum atomic E-state index is 5.85. The molecule has 0 bridgehead atoms. The molecular formula is C14H23NO2. The Morgan fingerprint density at radius 1 is 1.24 bits per heavy atom. The first-order valence-corrected chi connectivity index (χ1v) is 6.20. The Morgan fingerprint density at radius 2 is 2.06 bits per heavy atom. The van der Waals surface area contributed by atoms with Gasteiger partial charge in [0.25, 0.3) is 0 Å². The molecule has 1 N–H and O–H groups in total. The first kappa shape index (κ1) is 14.0. The molecule has 0 saturated carbocycles. The monoisotopic (exact) mass is 237 g/mol. The molecule has 0 amide bonds. The molecule has 0 aliphatic heterocycles. The fourth-order valence-corrected chi connectivity index (χ4v) is 1.70. The van der Waals surface area contributed by atoms with Crippen LogP contribution in [-0.2, 0) is 11.3 Å². The Kier molecular flexibility index (Phi) is 6.67. The summed E-state index contributed by atoms with van der Waals surface area (Å²) in [6.07, 6.45) is 0.922. The number of methoxy groups -OCH3 is 1. The van der Waals surface area contributed by atoms with E-state index in [9.17, 15) is 0 Å². The smallest absolute Gasteiger partial charge is 0.126 e. The number of nitrogens with one attached hydrogen (secondary N) is 1. The van der Waals surface area contributed by atoms with Gasteiger partial charge in [-0.2, -0.15) is 0 Å². The van der Waals surface area contributed by atoms with Crippen LogP contribution in [0.15, 0.2) is 18.2 Å². The number of hydrogen-bond acceptors (Lipinski definition) is 3. The molecule has 1 aromatic carbocycles. The quantitative estimate of drug-likeness (QED) is 0.705. The Balaban J connectivity index is 2.60. The molecule has 0 aromatic heterocycles. The molecule has 0 aliphatic carbocycles. The predicted octanol–water partition coefficient (Wildman–Crippen LogP) is 2.52. The van der Waals surface area contributed by atoms with E-state index in [1.165, 1.54) is 11.1 Å². The molecule has 1 aromatic rings. The predicted molar refractivity (Wildman–Crippen MR) is 70.5 cm³/mol. The van der Waals surface area contributed by atoms with Crippen molar-refractivity contribution in [1.29, 1.82) is 0 Å². The van der Waals surface area contributed by atoms with Crippen molar-refractivity contribution in [1.82, 2.24) is 5.32 Å². The number of benzene rings is 1. The minimum atomic E-state index is 0.706. The lowest BCUT2D eigenvalue weighted by Crippen LogP contribution is -2.13. The van der Waals surface area contributed by atoms with Gasteiger partial charge >= 0.3 is 0 Å². The largest absolute Gasteiger partial charge is 0.493 e. The average Bonchev–Trinajstić information content (AvgIpc) is 2.34. The fraction of sp³-hybridized carbons (Fsp3) is 0.571. The molecular weight excluding hydrogens is 214 g/mol. The van der Waals surface area contributed by atoms with Crippen LogP contribution < -0.4 is 10.1 Å². The highest BCUT2D eigenvalue weighted by molar-refractivity contribution is 5.40. The van der Waals surface area contributed by atoms with E-state index in [2.05, 4.69) is 37.4 Å². The summed E-state index contributed by atoms with van der Waals surface area (Å²) >= 11 is 0. The van der Waals surface area contributed by atoms with Gasteiger partial charge in [0.1, 0.15) is 5.75 Å². The molecule has 0 heterocycles. The Bertz CT molecular complexity index is 326. The maximum Gasteiger partial charge on any atom is 0.126 e. The van der Waals surface area contributed by atoms with Crippen LogP contribution in [0, 0.1) is 6.92 Å². The zero-order valence-corrected chi connectivity index (χ0v) is 11.1. The maximum absolute atomic E-state index is 5.85. The van der Waals surface area contributed by atoms with E-state index in [4.69, 9.17) is 9.47 Å². The molecule has 3 nitrogen and oxygen atoms in total. The fourth-order valence-electron chi connectivity index (χ4n) is 1.70. The van der Waals surface area contributed by atoms with E-state index in [0.29, 0.717) is 6.61 Å². The number of para-hydroxylation sites is 1. The number of ether oxygens (including phenoxy) is 2. The second-order valence-electron chi connectivity index (χ2n) is 4.04. The van der Waals surface area contributed by atoms with Crippen molar-refractivity contribution in [2.45, 2.75) is 26.8 Å². The summed E-state index contributed by atoms with van der Waals surface area (Å²) in [5.74, 6) is 1.02. The highest BCUT2D eigenvalue weighted by Gasteiger charge is 2.06. The van der Waals surface area contributed by atoms with Crippen LogP contribution in [0.3, 0.4) is 0 Å².